The monoisotopic (exact) mass is 291 g/mol. The number of aromatic amines is 1. The molecule has 0 amide bonds. The van der Waals surface area contributed by atoms with Crippen molar-refractivity contribution >= 4 is 0 Å². The Morgan fingerprint density at radius 3 is 2.86 bits per heavy atom. The molecule has 1 heterocycles. The summed E-state index contributed by atoms with van der Waals surface area (Å²) in [6.07, 6.45) is 2.65. The van der Waals surface area contributed by atoms with E-state index < -0.39 is 6.10 Å². The number of phenols is 1. The van der Waals surface area contributed by atoms with Gasteiger partial charge in [-0.1, -0.05) is 19.1 Å². The van der Waals surface area contributed by atoms with Gasteiger partial charge in [0.1, 0.15) is 5.75 Å². The van der Waals surface area contributed by atoms with Crippen LogP contribution in [-0.2, 0) is 6.54 Å². The van der Waals surface area contributed by atoms with E-state index in [2.05, 4.69) is 9.88 Å². The summed E-state index contributed by atoms with van der Waals surface area (Å²) in [6, 6.07) is 6.64. The highest BCUT2D eigenvalue weighted by molar-refractivity contribution is 5.28. The quantitative estimate of drug-likeness (QED) is 0.709. The van der Waals surface area contributed by atoms with Crippen LogP contribution in [0.2, 0.25) is 0 Å². The summed E-state index contributed by atoms with van der Waals surface area (Å²) in [5.41, 5.74) is 0.562. The molecule has 114 valence electrons. The van der Waals surface area contributed by atoms with E-state index in [0.29, 0.717) is 25.2 Å². The van der Waals surface area contributed by atoms with E-state index in [-0.39, 0.29) is 11.4 Å². The third-order valence-corrected chi connectivity index (χ3v) is 3.51. The summed E-state index contributed by atoms with van der Waals surface area (Å²) >= 11 is 0. The van der Waals surface area contributed by atoms with E-state index in [1.807, 2.05) is 6.92 Å². The lowest BCUT2D eigenvalue weighted by atomic mass is 10.1. The molecular weight excluding hydrogens is 270 g/mol. The Morgan fingerprint density at radius 2 is 2.24 bits per heavy atom. The van der Waals surface area contributed by atoms with Crippen molar-refractivity contribution in [2.45, 2.75) is 19.6 Å². The average Bonchev–Trinajstić information content (AvgIpc) is 2.88. The van der Waals surface area contributed by atoms with Crippen LogP contribution in [0.4, 0.5) is 0 Å². The maximum atomic E-state index is 11.4. The molecule has 0 saturated carbocycles. The van der Waals surface area contributed by atoms with Crippen molar-refractivity contribution in [2.75, 3.05) is 19.6 Å². The number of H-pyrrole nitrogens is 1. The summed E-state index contributed by atoms with van der Waals surface area (Å²) < 4.78 is 1.60. The molecule has 6 heteroatoms. The van der Waals surface area contributed by atoms with E-state index in [9.17, 15) is 15.0 Å². The smallest absolute Gasteiger partial charge is 0.325 e. The molecule has 2 aromatic rings. The third kappa shape index (κ3) is 4.21. The number of benzene rings is 1. The Kier molecular flexibility index (Phi) is 5.19. The Hall–Kier alpha value is -2.05. The molecular formula is C15H21N3O3. The third-order valence-electron chi connectivity index (χ3n) is 3.51. The summed E-state index contributed by atoms with van der Waals surface area (Å²) in [6.45, 7) is 4.48. The largest absolute Gasteiger partial charge is 0.508 e. The predicted octanol–water partition coefficient (Wildman–Crippen LogP) is 0.937. The summed E-state index contributed by atoms with van der Waals surface area (Å²) in [5, 5.41) is 19.7. The normalized spacial score (nSPS) is 12.7. The van der Waals surface area contributed by atoms with Crippen molar-refractivity contribution < 1.29 is 10.2 Å². The molecule has 0 aliphatic carbocycles. The van der Waals surface area contributed by atoms with E-state index in [1.54, 1.807) is 41.2 Å². The van der Waals surface area contributed by atoms with E-state index in [0.717, 1.165) is 6.54 Å². The minimum atomic E-state index is -0.667. The molecule has 1 atom stereocenters. The number of aromatic nitrogens is 2. The fourth-order valence-electron chi connectivity index (χ4n) is 2.23. The molecule has 0 bridgehead atoms. The lowest BCUT2D eigenvalue weighted by molar-refractivity contribution is 0.113. The van der Waals surface area contributed by atoms with E-state index >= 15 is 0 Å². The molecule has 3 N–H and O–H groups in total. The summed E-state index contributed by atoms with van der Waals surface area (Å²) in [5.74, 6) is 0.147. The van der Waals surface area contributed by atoms with Crippen molar-refractivity contribution in [2.24, 2.45) is 0 Å². The zero-order valence-electron chi connectivity index (χ0n) is 12.1. The lowest BCUT2D eigenvalue weighted by Crippen LogP contribution is -2.33. The van der Waals surface area contributed by atoms with Gasteiger partial charge < -0.3 is 15.2 Å². The average molecular weight is 291 g/mol. The highest BCUT2D eigenvalue weighted by Crippen LogP contribution is 2.19. The van der Waals surface area contributed by atoms with Crippen LogP contribution < -0.4 is 5.69 Å². The molecule has 6 nitrogen and oxygen atoms in total. The topological polar surface area (TPSA) is 81.5 Å². The Balaban J connectivity index is 1.92. The molecule has 0 fully saturated rings. The highest BCUT2D eigenvalue weighted by atomic mass is 16.3. The van der Waals surface area contributed by atoms with Gasteiger partial charge in [-0.05, 0) is 24.2 Å². The summed E-state index contributed by atoms with van der Waals surface area (Å²) in [4.78, 5) is 16.1. The number of hydrogen-bond acceptors (Lipinski definition) is 4. The molecule has 0 aliphatic heterocycles. The van der Waals surface area contributed by atoms with Gasteiger partial charge in [-0.15, -0.1) is 0 Å². The van der Waals surface area contributed by atoms with Crippen LogP contribution >= 0.6 is 0 Å². The molecule has 21 heavy (non-hydrogen) atoms. The van der Waals surface area contributed by atoms with Gasteiger partial charge in [-0.3, -0.25) is 9.47 Å². The number of phenolic OH excluding ortho intramolecular Hbond substituents is 1. The second-order valence-corrected chi connectivity index (χ2v) is 4.96. The number of rotatable bonds is 7. The number of nitrogens with zero attached hydrogens (tertiary/aromatic N) is 2. The second kappa shape index (κ2) is 7.10. The molecule has 0 spiro atoms. The minimum Gasteiger partial charge on any atom is -0.508 e. The number of aliphatic hydroxyl groups is 1. The SMILES string of the molecule is CCN(CCn1cc[nH]c1=O)C[C@H](O)c1cccc(O)c1. The number of likely N-dealkylation sites (N-methyl/N-ethyl adjacent to an activating group) is 1. The van der Waals surface area contributed by atoms with Gasteiger partial charge in [0.25, 0.3) is 0 Å². The van der Waals surface area contributed by atoms with Crippen molar-refractivity contribution in [3.05, 3.63) is 52.7 Å². The zero-order valence-corrected chi connectivity index (χ0v) is 12.1. The molecule has 0 unspecified atom stereocenters. The zero-order chi connectivity index (χ0) is 15.2. The standard InChI is InChI=1S/C15H21N3O3/c1-2-17(8-9-18-7-6-16-15(18)21)11-14(20)12-4-3-5-13(19)10-12/h3-7,10,14,19-20H,2,8-9,11H2,1H3,(H,16,21)/t14-/m0/s1. The first kappa shape index (κ1) is 15.3. The lowest BCUT2D eigenvalue weighted by Gasteiger charge is -2.23. The van der Waals surface area contributed by atoms with Gasteiger partial charge in [0.05, 0.1) is 6.10 Å². The van der Waals surface area contributed by atoms with Crippen LogP contribution in [-0.4, -0.2) is 44.3 Å². The maximum absolute atomic E-state index is 11.4. The van der Waals surface area contributed by atoms with Crippen molar-refractivity contribution in [1.82, 2.24) is 14.5 Å². The van der Waals surface area contributed by atoms with E-state index in [1.165, 1.54) is 0 Å². The van der Waals surface area contributed by atoms with Crippen molar-refractivity contribution in [1.29, 1.82) is 0 Å². The van der Waals surface area contributed by atoms with Gasteiger partial charge in [0.2, 0.25) is 0 Å². The van der Waals surface area contributed by atoms with Crippen LogP contribution in [0.5, 0.6) is 5.75 Å². The Bertz CT molecular complexity index is 620. The number of aromatic hydroxyl groups is 1. The fraction of sp³-hybridized carbons (Fsp3) is 0.400. The van der Waals surface area contributed by atoms with Crippen LogP contribution in [0.1, 0.15) is 18.6 Å². The van der Waals surface area contributed by atoms with Crippen LogP contribution in [0.3, 0.4) is 0 Å². The second-order valence-electron chi connectivity index (χ2n) is 4.96. The van der Waals surface area contributed by atoms with Crippen LogP contribution in [0, 0.1) is 0 Å². The van der Waals surface area contributed by atoms with Gasteiger partial charge in [-0.25, -0.2) is 4.79 Å². The first-order valence-corrected chi connectivity index (χ1v) is 7.03. The molecule has 0 radical (unpaired) electrons. The maximum Gasteiger partial charge on any atom is 0.325 e. The van der Waals surface area contributed by atoms with Gasteiger partial charge in [-0.2, -0.15) is 0 Å². The molecule has 1 aromatic heterocycles. The van der Waals surface area contributed by atoms with Gasteiger partial charge >= 0.3 is 5.69 Å². The van der Waals surface area contributed by atoms with Crippen LogP contribution in [0.25, 0.3) is 0 Å². The Morgan fingerprint density at radius 1 is 1.43 bits per heavy atom. The van der Waals surface area contributed by atoms with Crippen molar-refractivity contribution in [3.8, 4) is 5.75 Å². The number of hydrogen-bond donors (Lipinski definition) is 3. The fourth-order valence-corrected chi connectivity index (χ4v) is 2.23. The summed E-state index contributed by atoms with van der Waals surface area (Å²) in [7, 11) is 0. The van der Waals surface area contributed by atoms with E-state index in [4.69, 9.17) is 0 Å². The predicted molar refractivity (Wildman–Crippen MR) is 80.2 cm³/mol. The van der Waals surface area contributed by atoms with Crippen molar-refractivity contribution in [3.63, 3.8) is 0 Å². The minimum absolute atomic E-state index is 0.125. The first-order valence-electron chi connectivity index (χ1n) is 7.03. The first-order chi connectivity index (χ1) is 10.1. The molecule has 0 saturated heterocycles. The molecule has 0 aliphatic rings. The number of aliphatic hydroxyl groups excluding tert-OH is 1. The number of imidazole rings is 1. The number of nitrogens with one attached hydrogen (secondary N) is 1. The van der Waals surface area contributed by atoms with Gasteiger partial charge in [0, 0.05) is 32.0 Å². The van der Waals surface area contributed by atoms with Crippen LogP contribution in [0.15, 0.2) is 41.5 Å². The molecule has 1 aromatic carbocycles. The molecule has 2 rings (SSSR count). The Labute approximate surface area is 123 Å². The highest BCUT2D eigenvalue weighted by Gasteiger charge is 2.13. The van der Waals surface area contributed by atoms with Gasteiger partial charge in [0.15, 0.2) is 0 Å².